The molecule has 2 heteroatoms. The summed E-state index contributed by atoms with van der Waals surface area (Å²) in [7, 11) is 0. The minimum Gasteiger partial charge on any atom is -0.309 e. The molecule has 2 fully saturated rings. The van der Waals surface area contributed by atoms with Crippen molar-refractivity contribution in [2.24, 2.45) is 11.8 Å². The average molecular weight is 216 g/mol. The average Bonchev–Trinajstić information content (AvgIpc) is 2.83. The number of hydrogen-bond donors (Lipinski definition) is 1. The van der Waals surface area contributed by atoms with Crippen LogP contribution in [0.3, 0.4) is 0 Å². The first-order chi connectivity index (χ1) is 6.53. The van der Waals surface area contributed by atoms with Crippen molar-refractivity contribution in [2.45, 2.75) is 63.4 Å². The predicted octanol–water partition coefficient (Wildman–Crippen LogP) is 3.17. The second-order valence-corrected chi connectivity index (χ2v) is 6.20. The summed E-state index contributed by atoms with van der Waals surface area (Å²) in [5.74, 6) is 1.70. The first kappa shape index (κ1) is 10.8. The van der Waals surface area contributed by atoms with Gasteiger partial charge in [-0.1, -0.05) is 13.8 Å². The van der Waals surface area contributed by atoms with Crippen molar-refractivity contribution in [3.63, 3.8) is 0 Å². The van der Waals surface area contributed by atoms with Crippen LogP contribution in [0.4, 0.5) is 0 Å². The molecule has 0 saturated heterocycles. The molecule has 0 amide bonds. The van der Waals surface area contributed by atoms with E-state index in [1.807, 2.05) is 0 Å². The van der Waals surface area contributed by atoms with Crippen molar-refractivity contribution < 1.29 is 0 Å². The van der Waals surface area contributed by atoms with Gasteiger partial charge < -0.3 is 5.32 Å². The van der Waals surface area contributed by atoms with E-state index >= 15 is 0 Å². The van der Waals surface area contributed by atoms with Crippen LogP contribution in [0.2, 0.25) is 0 Å². The summed E-state index contributed by atoms with van der Waals surface area (Å²) in [6.45, 7) is 6.98. The van der Waals surface area contributed by atoms with Gasteiger partial charge in [-0.05, 0) is 44.4 Å². The quantitative estimate of drug-likeness (QED) is 0.714. The van der Waals surface area contributed by atoms with Crippen molar-refractivity contribution in [2.75, 3.05) is 0 Å². The smallest absolute Gasteiger partial charge is 0.0598 e. The third-order valence-corrected chi connectivity index (χ3v) is 5.14. The van der Waals surface area contributed by atoms with E-state index in [-0.39, 0.29) is 4.87 Å². The van der Waals surface area contributed by atoms with Crippen LogP contribution in [0.5, 0.6) is 0 Å². The molecule has 14 heavy (non-hydrogen) atoms. The molecule has 0 heterocycles. The fraction of sp³-hybridized carbons (Fsp3) is 1.00. The Morgan fingerprint density at radius 2 is 1.93 bits per heavy atom. The Labute approximate surface area is 92.6 Å². The number of hydrogen-bond acceptors (Lipinski definition) is 1. The standard InChI is InChI=1S/C12H22ClN/c1-8-4-5-11(9(8)2)14-10(3)12(13)6-7-12/h8-11,14H,4-7H2,1-3H3. The Morgan fingerprint density at radius 1 is 1.29 bits per heavy atom. The fourth-order valence-electron chi connectivity index (χ4n) is 2.62. The van der Waals surface area contributed by atoms with Crippen LogP contribution in [-0.4, -0.2) is 17.0 Å². The summed E-state index contributed by atoms with van der Waals surface area (Å²) in [6.07, 6.45) is 5.10. The lowest BCUT2D eigenvalue weighted by Crippen LogP contribution is -2.44. The van der Waals surface area contributed by atoms with E-state index < -0.39 is 0 Å². The molecule has 2 aliphatic rings. The zero-order chi connectivity index (χ0) is 10.3. The molecular weight excluding hydrogens is 194 g/mol. The summed E-state index contributed by atoms with van der Waals surface area (Å²) in [5.41, 5.74) is 0. The molecule has 82 valence electrons. The highest BCUT2D eigenvalue weighted by molar-refractivity contribution is 6.26. The van der Waals surface area contributed by atoms with Crippen LogP contribution in [0.15, 0.2) is 0 Å². The zero-order valence-corrected chi connectivity index (χ0v) is 10.3. The molecular formula is C12H22ClN. The summed E-state index contributed by atoms with van der Waals surface area (Å²) in [5, 5.41) is 3.73. The van der Waals surface area contributed by atoms with Crippen LogP contribution >= 0.6 is 11.6 Å². The summed E-state index contributed by atoms with van der Waals surface area (Å²) in [6, 6.07) is 1.19. The maximum absolute atomic E-state index is 6.39. The first-order valence-corrected chi connectivity index (χ1v) is 6.36. The predicted molar refractivity (Wildman–Crippen MR) is 61.8 cm³/mol. The molecule has 1 nitrogen and oxygen atoms in total. The van der Waals surface area contributed by atoms with Gasteiger partial charge in [0.25, 0.3) is 0 Å². The van der Waals surface area contributed by atoms with Gasteiger partial charge in [0, 0.05) is 12.1 Å². The van der Waals surface area contributed by atoms with Crippen molar-refractivity contribution in [3.8, 4) is 0 Å². The first-order valence-electron chi connectivity index (χ1n) is 5.98. The van der Waals surface area contributed by atoms with Gasteiger partial charge in [-0.2, -0.15) is 0 Å². The number of halogens is 1. The monoisotopic (exact) mass is 215 g/mol. The normalized spacial score (nSPS) is 42.4. The van der Waals surface area contributed by atoms with E-state index in [0.717, 1.165) is 11.8 Å². The minimum atomic E-state index is 0.103. The van der Waals surface area contributed by atoms with Crippen molar-refractivity contribution in [1.29, 1.82) is 0 Å². The molecule has 0 aromatic heterocycles. The zero-order valence-electron chi connectivity index (χ0n) is 9.52. The van der Waals surface area contributed by atoms with Crippen LogP contribution in [0.25, 0.3) is 0 Å². The van der Waals surface area contributed by atoms with Crippen LogP contribution in [-0.2, 0) is 0 Å². The maximum Gasteiger partial charge on any atom is 0.0598 e. The van der Waals surface area contributed by atoms with Gasteiger partial charge in [-0.15, -0.1) is 11.6 Å². The number of nitrogens with one attached hydrogen (secondary N) is 1. The highest BCUT2D eigenvalue weighted by Crippen LogP contribution is 2.46. The molecule has 0 radical (unpaired) electrons. The van der Waals surface area contributed by atoms with E-state index in [4.69, 9.17) is 11.6 Å². The van der Waals surface area contributed by atoms with Gasteiger partial charge in [-0.3, -0.25) is 0 Å². The van der Waals surface area contributed by atoms with Crippen molar-refractivity contribution >= 4 is 11.6 Å². The van der Waals surface area contributed by atoms with Gasteiger partial charge in [-0.25, -0.2) is 0 Å². The summed E-state index contributed by atoms with van der Waals surface area (Å²) in [4.78, 5) is 0.103. The fourth-order valence-corrected chi connectivity index (χ4v) is 2.78. The Bertz CT molecular complexity index is 212. The van der Waals surface area contributed by atoms with E-state index in [0.29, 0.717) is 12.1 Å². The lowest BCUT2D eigenvalue weighted by Gasteiger charge is -2.27. The Kier molecular flexibility index (Phi) is 2.83. The van der Waals surface area contributed by atoms with E-state index in [2.05, 4.69) is 26.1 Å². The third kappa shape index (κ3) is 1.94. The molecule has 0 aromatic rings. The SMILES string of the molecule is CC1CCC(NC(C)C2(Cl)CC2)C1C. The molecule has 4 atom stereocenters. The van der Waals surface area contributed by atoms with Gasteiger partial charge in [0.15, 0.2) is 0 Å². The van der Waals surface area contributed by atoms with Crippen LogP contribution < -0.4 is 5.32 Å². The third-order valence-electron chi connectivity index (χ3n) is 4.43. The maximum atomic E-state index is 6.39. The highest BCUT2D eigenvalue weighted by atomic mass is 35.5. The second-order valence-electron chi connectivity index (χ2n) is 5.44. The van der Waals surface area contributed by atoms with Crippen LogP contribution in [0, 0.1) is 11.8 Å². The molecule has 0 aliphatic heterocycles. The lowest BCUT2D eigenvalue weighted by atomic mass is 9.97. The molecule has 2 rings (SSSR count). The minimum absolute atomic E-state index is 0.103. The summed E-state index contributed by atoms with van der Waals surface area (Å²) >= 11 is 6.39. The Balaban J connectivity index is 1.85. The topological polar surface area (TPSA) is 12.0 Å². The van der Waals surface area contributed by atoms with Gasteiger partial charge >= 0.3 is 0 Å². The second kappa shape index (κ2) is 3.68. The Morgan fingerprint density at radius 3 is 2.36 bits per heavy atom. The molecule has 4 unspecified atom stereocenters. The van der Waals surface area contributed by atoms with Crippen LogP contribution in [0.1, 0.15) is 46.5 Å². The number of rotatable bonds is 3. The molecule has 0 aromatic carbocycles. The van der Waals surface area contributed by atoms with E-state index in [9.17, 15) is 0 Å². The van der Waals surface area contributed by atoms with Gasteiger partial charge in [0.1, 0.15) is 0 Å². The lowest BCUT2D eigenvalue weighted by molar-refractivity contribution is 0.336. The van der Waals surface area contributed by atoms with E-state index in [1.54, 1.807) is 0 Å². The number of alkyl halides is 1. The van der Waals surface area contributed by atoms with Gasteiger partial charge in [0.05, 0.1) is 4.87 Å². The molecule has 1 N–H and O–H groups in total. The van der Waals surface area contributed by atoms with E-state index in [1.165, 1.54) is 25.7 Å². The molecule has 2 saturated carbocycles. The van der Waals surface area contributed by atoms with Crippen molar-refractivity contribution in [1.82, 2.24) is 5.32 Å². The summed E-state index contributed by atoms with van der Waals surface area (Å²) < 4.78 is 0. The molecule has 0 bridgehead atoms. The largest absolute Gasteiger partial charge is 0.309 e. The molecule has 0 spiro atoms. The van der Waals surface area contributed by atoms with Crippen molar-refractivity contribution in [3.05, 3.63) is 0 Å². The molecule has 2 aliphatic carbocycles. The highest BCUT2D eigenvalue weighted by Gasteiger charge is 2.46. The Hall–Kier alpha value is 0.250. The van der Waals surface area contributed by atoms with Gasteiger partial charge in [0.2, 0.25) is 0 Å².